The molecule has 0 bridgehead atoms. The zero-order chi connectivity index (χ0) is 13.4. The molecule has 1 atom stereocenters. The van der Waals surface area contributed by atoms with E-state index in [0.717, 1.165) is 25.1 Å². The number of aromatic nitrogens is 2. The number of rotatable bonds is 8. The number of hydrogen-bond donors (Lipinski definition) is 1. The molecule has 0 aliphatic heterocycles. The highest BCUT2D eigenvalue weighted by atomic mass is 32.2. The molecular weight excluding hydrogens is 246 g/mol. The molecule has 1 rings (SSSR count). The van der Waals surface area contributed by atoms with Gasteiger partial charge in [-0.1, -0.05) is 13.8 Å². The lowest BCUT2D eigenvalue weighted by atomic mass is 10.3. The Hall–Kier alpha value is -0.970. The van der Waals surface area contributed by atoms with Crippen LogP contribution in [0.5, 0.6) is 5.88 Å². The van der Waals surface area contributed by atoms with Gasteiger partial charge in [-0.2, -0.15) is 16.7 Å². The van der Waals surface area contributed by atoms with E-state index in [1.54, 1.807) is 0 Å². The minimum Gasteiger partial charge on any atom is -0.478 e. The molecule has 5 heteroatoms. The molecule has 0 aliphatic carbocycles. The summed E-state index contributed by atoms with van der Waals surface area (Å²) in [6, 6.07) is 1.87. The summed E-state index contributed by atoms with van der Waals surface area (Å²) in [4.78, 5) is 8.70. The zero-order valence-electron chi connectivity index (χ0n) is 11.7. The van der Waals surface area contributed by atoms with E-state index in [2.05, 4.69) is 35.4 Å². The summed E-state index contributed by atoms with van der Waals surface area (Å²) >= 11 is 1.87. The molecular formula is C13H23N3OS. The molecule has 1 unspecified atom stereocenters. The molecule has 4 nitrogen and oxygen atoms in total. The van der Waals surface area contributed by atoms with E-state index in [-0.39, 0.29) is 0 Å². The summed E-state index contributed by atoms with van der Waals surface area (Å²) < 4.78 is 5.53. The molecule has 0 aliphatic rings. The van der Waals surface area contributed by atoms with Crippen molar-refractivity contribution in [1.29, 1.82) is 0 Å². The second kappa shape index (κ2) is 8.19. The van der Waals surface area contributed by atoms with Crippen molar-refractivity contribution in [2.45, 2.75) is 38.9 Å². The first-order chi connectivity index (χ1) is 8.65. The number of nitrogens with zero attached hydrogens (tertiary/aromatic N) is 2. The van der Waals surface area contributed by atoms with Gasteiger partial charge in [-0.3, -0.25) is 0 Å². The Labute approximate surface area is 114 Å². The van der Waals surface area contributed by atoms with Gasteiger partial charge in [0, 0.05) is 23.6 Å². The van der Waals surface area contributed by atoms with Gasteiger partial charge in [0.2, 0.25) is 11.8 Å². The molecule has 0 amide bonds. The monoisotopic (exact) mass is 269 g/mol. The van der Waals surface area contributed by atoms with E-state index in [4.69, 9.17) is 4.74 Å². The molecule has 0 saturated carbocycles. The molecule has 1 aromatic rings. The summed E-state index contributed by atoms with van der Waals surface area (Å²) in [6.45, 7) is 7.84. The molecule has 0 aromatic carbocycles. The first-order valence-electron chi connectivity index (χ1n) is 6.40. The Morgan fingerprint density at radius 1 is 1.44 bits per heavy atom. The summed E-state index contributed by atoms with van der Waals surface area (Å²) in [7, 11) is 0. The fourth-order valence-corrected chi connectivity index (χ4v) is 1.76. The molecule has 0 saturated heterocycles. The number of anilines is 1. The van der Waals surface area contributed by atoms with Crippen LogP contribution >= 0.6 is 11.8 Å². The Bertz CT molecular complexity index is 360. The zero-order valence-corrected chi connectivity index (χ0v) is 12.5. The van der Waals surface area contributed by atoms with Crippen molar-refractivity contribution in [1.82, 2.24) is 9.97 Å². The predicted molar refractivity (Wildman–Crippen MR) is 78.6 cm³/mol. The maximum Gasteiger partial charge on any atom is 0.226 e. The molecule has 1 heterocycles. The van der Waals surface area contributed by atoms with Crippen LogP contribution in [0.2, 0.25) is 0 Å². The number of nitrogens with one attached hydrogen (secondary N) is 1. The van der Waals surface area contributed by atoms with Crippen LogP contribution < -0.4 is 10.1 Å². The normalized spacial score (nSPS) is 12.2. The summed E-state index contributed by atoms with van der Waals surface area (Å²) in [5.41, 5.74) is 0.927. The Morgan fingerprint density at radius 2 is 2.22 bits per heavy atom. The lowest BCUT2D eigenvalue weighted by Gasteiger charge is -2.11. The first-order valence-corrected chi connectivity index (χ1v) is 7.69. The van der Waals surface area contributed by atoms with Gasteiger partial charge in [-0.15, -0.1) is 0 Å². The topological polar surface area (TPSA) is 47.0 Å². The summed E-state index contributed by atoms with van der Waals surface area (Å²) in [6.07, 6.45) is 4.21. The van der Waals surface area contributed by atoms with E-state index in [1.165, 1.54) is 0 Å². The summed E-state index contributed by atoms with van der Waals surface area (Å²) in [5, 5.41) is 3.90. The van der Waals surface area contributed by atoms with E-state index in [1.807, 2.05) is 24.8 Å². The van der Waals surface area contributed by atoms with Crippen molar-refractivity contribution in [2.75, 3.05) is 24.7 Å². The SMILES string of the molecule is CCCOc1cc(C)nc(NCCC(C)SC)n1. The highest BCUT2D eigenvalue weighted by molar-refractivity contribution is 7.99. The number of ether oxygens (including phenoxy) is 1. The second-order valence-electron chi connectivity index (χ2n) is 4.28. The standard InChI is InChI=1S/C13H23N3OS/c1-5-8-17-12-9-10(2)15-13(16-12)14-7-6-11(3)18-4/h9,11H,5-8H2,1-4H3,(H,14,15,16). The van der Waals surface area contributed by atoms with Gasteiger partial charge in [-0.05, 0) is 26.0 Å². The molecule has 18 heavy (non-hydrogen) atoms. The number of thioether (sulfide) groups is 1. The maximum atomic E-state index is 5.53. The van der Waals surface area contributed by atoms with Gasteiger partial charge in [0.25, 0.3) is 0 Å². The van der Waals surface area contributed by atoms with Crippen molar-refractivity contribution in [3.05, 3.63) is 11.8 Å². The van der Waals surface area contributed by atoms with Gasteiger partial charge in [0.1, 0.15) is 0 Å². The number of aryl methyl sites for hydroxylation is 1. The van der Waals surface area contributed by atoms with E-state index in [0.29, 0.717) is 23.7 Å². The third-order valence-electron chi connectivity index (χ3n) is 2.52. The van der Waals surface area contributed by atoms with E-state index >= 15 is 0 Å². The molecule has 0 radical (unpaired) electrons. The van der Waals surface area contributed by atoms with Gasteiger partial charge >= 0.3 is 0 Å². The van der Waals surface area contributed by atoms with Crippen LogP contribution in [0.25, 0.3) is 0 Å². The van der Waals surface area contributed by atoms with Crippen LogP contribution in [0.4, 0.5) is 5.95 Å². The largest absolute Gasteiger partial charge is 0.478 e. The minimum atomic E-state index is 0.651. The minimum absolute atomic E-state index is 0.651. The van der Waals surface area contributed by atoms with Gasteiger partial charge in [0.15, 0.2) is 0 Å². The van der Waals surface area contributed by atoms with Crippen molar-refractivity contribution >= 4 is 17.7 Å². The molecule has 102 valence electrons. The quantitative estimate of drug-likeness (QED) is 0.785. The summed E-state index contributed by atoms with van der Waals surface area (Å²) in [5.74, 6) is 1.32. The highest BCUT2D eigenvalue weighted by Gasteiger charge is 2.04. The Kier molecular flexibility index (Phi) is 6.86. The van der Waals surface area contributed by atoms with Crippen molar-refractivity contribution in [3.8, 4) is 5.88 Å². The van der Waals surface area contributed by atoms with E-state index in [9.17, 15) is 0 Å². The Morgan fingerprint density at radius 3 is 2.89 bits per heavy atom. The molecule has 1 N–H and O–H groups in total. The highest BCUT2D eigenvalue weighted by Crippen LogP contribution is 2.13. The predicted octanol–water partition coefficient (Wildman–Crippen LogP) is 3.13. The molecule has 1 aromatic heterocycles. The van der Waals surface area contributed by atoms with Crippen LogP contribution in [-0.2, 0) is 0 Å². The van der Waals surface area contributed by atoms with Crippen LogP contribution in [0, 0.1) is 6.92 Å². The molecule has 0 fully saturated rings. The smallest absolute Gasteiger partial charge is 0.226 e. The fraction of sp³-hybridized carbons (Fsp3) is 0.692. The average molecular weight is 269 g/mol. The van der Waals surface area contributed by atoms with Crippen molar-refractivity contribution in [2.24, 2.45) is 0 Å². The fourth-order valence-electron chi connectivity index (χ4n) is 1.40. The van der Waals surface area contributed by atoms with Crippen LogP contribution in [0.3, 0.4) is 0 Å². The van der Waals surface area contributed by atoms with E-state index < -0.39 is 0 Å². The third kappa shape index (κ3) is 5.58. The second-order valence-corrected chi connectivity index (χ2v) is 5.56. The lowest BCUT2D eigenvalue weighted by molar-refractivity contribution is 0.305. The number of hydrogen-bond acceptors (Lipinski definition) is 5. The average Bonchev–Trinajstić information content (AvgIpc) is 2.35. The van der Waals surface area contributed by atoms with Gasteiger partial charge in [-0.25, -0.2) is 4.98 Å². The van der Waals surface area contributed by atoms with Gasteiger partial charge < -0.3 is 10.1 Å². The molecule has 0 spiro atoms. The van der Waals surface area contributed by atoms with Crippen molar-refractivity contribution < 1.29 is 4.74 Å². The van der Waals surface area contributed by atoms with Gasteiger partial charge in [0.05, 0.1) is 6.61 Å². The Balaban J connectivity index is 2.51. The third-order valence-corrected chi connectivity index (χ3v) is 3.56. The van der Waals surface area contributed by atoms with Crippen LogP contribution in [-0.4, -0.2) is 34.6 Å². The lowest BCUT2D eigenvalue weighted by Crippen LogP contribution is -2.11. The maximum absolute atomic E-state index is 5.53. The van der Waals surface area contributed by atoms with Crippen LogP contribution in [0.1, 0.15) is 32.4 Å². The van der Waals surface area contributed by atoms with Crippen molar-refractivity contribution in [3.63, 3.8) is 0 Å². The first kappa shape index (κ1) is 15.1. The van der Waals surface area contributed by atoms with Crippen LogP contribution in [0.15, 0.2) is 6.07 Å².